The zero-order valence-corrected chi connectivity index (χ0v) is 26.5. The number of methoxy groups -OCH3 is 1. The minimum Gasteiger partial charge on any atom is -0.493 e. The minimum atomic E-state index is -4.15. The molecule has 8 nitrogen and oxygen atoms in total. The number of amides is 1. The Balaban J connectivity index is 1.49. The molecule has 0 aliphatic rings. The Morgan fingerprint density at radius 2 is 1.74 bits per heavy atom. The molecule has 0 heterocycles. The Hall–Kier alpha value is -3.57. The monoisotopic (exact) mass is 689 g/mol. The van der Waals surface area contributed by atoms with E-state index in [2.05, 4.69) is 26.5 Å². The number of benzene rings is 4. The number of hydrogen-bond donors (Lipinski definition) is 1. The first-order valence-corrected chi connectivity index (χ1v) is 15.5. The summed E-state index contributed by atoms with van der Waals surface area (Å²) >= 11 is 15.8. The molecule has 0 saturated heterocycles. The molecule has 0 radical (unpaired) electrons. The number of carbonyl (C=O) groups is 1. The van der Waals surface area contributed by atoms with Gasteiger partial charge in [-0.25, -0.2) is 13.8 Å². The topological polar surface area (TPSA) is 97.3 Å². The molecule has 1 amide bonds. The van der Waals surface area contributed by atoms with E-state index in [1.54, 1.807) is 30.3 Å². The lowest BCUT2D eigenvalue weighted by Gasteiger charge is -2.24. The van der Waals surface area contributed by atoms with Crippen LogP contribution in [0.25, 0.3) is 0 Å². The minimum absolute atomic E-state index is 0.00560. The summed E-state index contributed by atoms with van der Waals surface area (Å²) in [5.74, 6) is 0.281. The van der Waals surface area contributed by atoms with Gasteiger partial charge in [0.05, 0.1) is 33.4 Å². The van der Waals surface area contributed by atoms with Gasteiger partial charge in [-0.2, -0.15) is 5.10 Å². The zero-order chi connectivity index (χ0) is 30.3. The van der Waals surface area contributed by atoms with Crippen molar-refractivity contribution >= 4 is 67.0 Å². The van der Waals surface area contributed by atoms with Crippen molar-refractivity contribution < 1.29 is 22.7 Å². The number of rotatable bonds is 11. The molecule has 1 N–H and O–H groups in total. The van der Waals surface area contributed by atoms with Gasteiger partial charge < -0.3 is 9.47 Å². The number of nitrogens with one attached hydrogen (secondary N) is 1. The van der Waals surface area contributed by atoms with Crippen LogP contribution in [0, 0.1) is 6.92 Å². The molecule has 0 unspecified atom stereocenters. The molecule has 4 aromatic rings. The molecule has 4 rings (SSSR count). The Morgan fingerprint density at radius 1 is 1.02 bits per heavy atom. The molecule has 218 valence electrons. The standard InChI is InChI=1S/C30H26BrCl2N3O5S/c1-20-8-10-21(11-9-20)19-41-30-25(31)14-22(15-28(30)40-2)17-34-35-29(37)18-36(27-13-12-23(32)16-26(27)33)42(38,39)24-6-4-3-5-7-24/h3-17H,18-19H2,1-2H3,(H,35,37)/b34-17-. The first-order chi connectivity index (χ1) is 20.1. The number of carbonyl (C=O) groups excluding carboxylic acids is 1. The van der Waals surface area contributed by atoms with Crippen LogP contribution in [-0.4, -0.2) is 34.2 Å². The number of hydrogen-bond acceptors (Lipinski definition) is 6. The Morgan fingerprint density at radius 3 is 2.40 bits per heavy atom. The fourth-order valence-electron chi connectivity index (χ4n) is 3.84. The SMILES string of the molecule is COc1cc(/C=N\NC(=O)CN(c2ccc(Cl)cc2Cl)S(=O)(=O)c2ccccc2)cc(Br)c1OCc1ccc(C)cc1. The average molecular weight is 691 g/mol. The second-order valence-corrected chi connectivity index (χ2v) is 12.6. The average Bonchev–Trinajstić information content (AvgIpc) is 2.96. The maximum Gasteiger partial charge on any atom is 0.264 e. The number of ether oxygens (including phenoxy) is 2. The van der Waals surface area contributed by atoms with Gasteiger partial charge in [0.25, 0.3) is 15.9 Å². The smallest absolute Gasteiger partial charge is 0.264 e. The number of sulfonamides is 1. The second-order valence-electron chi connectivity index (χ2n) is 9.02. The lowest BCUT2D eigenvalue weighted by Crippen LogP contribution is -2.39. The van der Waals surface area contributed by atoms with E-state index in [-0.39, 0.29) is 15.6 Å². The van der Waals surface area contributed by atoms with Crippen molar-refractivity contribution in [2.24, 2.45) is 5.10 Å². The number of anilines is 1. The normalized spacial score (nSPS) is 11.4. The van der Waals surface area contributed by atoms with Gasteiger partial charge in [-0.1, -0.05) is 71.2 Å². The summed E-state index contributed by atoms with van der Waals surface area (Å²) in [6.07, 6.45) is 1.40. The van der Waals surface area contributed by atoms with Gasteiger partial charge in [0.15, 0.2) is 11.5 Å². The van der Waals surface area contributed by atoms with Gasteiger partial charge in [0, 0.05) is 5.02 Å². The quantitative estimate of drug-likeness (QED) is 0.135. The summed E-state index contributed by atoms with van der Waals surface area (Å²) in [6.45, 7) is 1.78. The molecule has 0 bridgehead atoms. The van der Waals surface area contributed by atoms with Gasteiger partial charge in [-0.3, -0.25) is 9.10 Å². The molecule has 0 saturated carbocycles. The fraction of sp³-hybridized carbons (Fsp3) is 0.133. The fourth-order valence-corrected chi connectivity index (χ4v) is 6.44. The molecule has 0 aliphatic heterocycles. The molecular weight excluding hydrogens is 665 g/mol. The summed E-state index contributed by atoms with van der Waals surface area (Å²) in [4.78, 5) is 12.9. The van der Waals surface area contributed by atoms with E-state index in [0.29, 0.717) is 33.2 Å². The van der Waals surface area contributed by atoms with E-state index < -0.39 is 22.5 Å². The molecule has 4 aromatic carbocycles. The van der Waals surface area contributed by atoms with Crippen molar-refractivity contribution in [2.45, 2.75) is 18.4 Å². The number of aryl methyl sites for hydroxylation is 1. The van der Waals surface area contributed by atoms with E-state index in [1.165, 1.54) is 43.7 Å². The molecular formula is C30H26BrCl2N3O5S. The lowest BCUT2D eigenvalue weighted by atomic mass is 10.2. The number of nitrogens with zero attached hydrogens (tertiary/aromatic N) is 2. The third-order valence-corrected chi connectivity index (χ3v) is 8.86. The second kappa shape index (κ2) is 14.1. The number of halogens is 3. The summed E-state index contributed by atoms with van der Waals surface area (Å²) in [5, 5.41) is 4.40. The van der Waals surface area contributed by atoms with Crippen LogP contribution >= 0.6 is 39.1 Å². The highest BCUT2D eigenvalue weighted by molar-refractivity contribution is 9.10. The molecule has 0 aromatic heterocycles. The molecule has 0 spiro atoms. The van der Waals surface area contributed by atoms with Crippen molar-refractivity contribution in [1.82, 2.24) is 5.43 Å². The first-order valence-electron chi connectivity index (χ1n) is 12.5. The van der Waals surface area contributed by atoms with Crippen molar-refractivity contribution in [1.29, 1.82) is 0 Å². The molecule has 0 fully saturated rings. The van der Waals surface area contributed by atoms with Crippen molar-refractivity contribution in [3.63, 3.8) is 0 Å². The predicted molar refractivity (Wildman–Crippen MR) is 169 cm³/mol. The van der Waals surface area contributed by atoms with E-state index in [9.17, 15) is 13.2 Å². The van der Waals surface area contributed by atoms with E-state index >= 15 is 0 Å². The van der Waals surface area contributed by atoms with E-state index in [4.69, 9.17) is 32.7 Å². The third kappa shape index (κ3) is 7.83. The summed E-state index contributed by atoms with van der Waals surface area (Å²) < 4.78 is 40.0. The van der Waals surface area contributed by atoms with Gasteiger partial charge in [-0.15, -0.1) is 0 Å². The maximum atomic E-state index is 13.5. The zero-order valence-electron chi connectivity index (χ0n) is 22.6. The first kappa shape index (κ1) is 31.4. The van der Waals surface area contributed by atoms with Crippen LogP contribution in [0.3, 0.4) is 0 Å². The largest absolute Gasteiger partial charge is 0.493 e. The molecule has 12 heteroatoms. The summed E-state index contributed by atoms with van der Waals surface area (Å²) in [7, 11) is -2.63. The summed E-state index contributed by atoms with van der Waals surface area (Å²) in [6, 6.07) is 23.5. The number of hydrazone groups is 1. The van der Waals surface area contributed by atoms with Gasteiger partial charge in [-0.05, 0) is 76.4 Å². The van der Waals surface area contributed by atoms with Crippen LogP contribution in [0.1, 0.15) is 16.7 Å². The summed E-state index contributed by atoms with van der Waals surface area (Å²) in [5.41, 5.74) is 5.23. The van der Waals surface area contributed by atoms with Crippen molar-refractivity contribution in [3.8, 4) is 11.5 Å². The highest BCUT2D eigenvalue weighted by Gasteiger charge is 2.28. The van der Waals surface area contributed by atoms with Gasteiger partial charge in [0.2, 0.25) is 0 Å². The Kier molecular flexibility index (Phi) is 10.5. The van der Waals surface area contributed by atoms with Crippen LogP contribution in [-0.2, 0) is 21.4 Å². The van der Waals surface area contributed by atoms with Gasteiger partial charge in [0.1, 0.15) is 13.2 Å². The van der Waals surface area contributed by atoms with Crippen LogP contribution in [0.15, 0.2) is 99.4 Å². The maximum absolute atomic E-state index is 13.5. The predicted octanol–water partition coefficient (Wildman–Crippen LogP) is 7.00. The highest BCUT2D eigenvalue weighted by atomic mass is 79.9. The Labute approximate surface area is 263 Å². The molecule has 0 atom stereocenters. The van der Waals surface area contributed by atoms with Crippen LogP contribution < -0.4 is 19.2 Å². The molecule has 42 heavy (non-hydrogen) atoms. The van der Waals surface area contributed by atoms with Crippen LogP contribution in [0.4, 0.5) is 5.69 Å². The third-order valence-electron chi connectivity index (χ3n) is 5.96. The lowest BCUT2D eigenvalue weighted by molar-refractivity contribution is -0.119. The van der Waals surface area contributed by atoms with Crippen LogP contribution in [0.5, 0.6) is 11.5 Å². The van der Waals surface area contributed by atoms with Gasteiger partial charge >= 0.3 is 0 Å². The van der Waals surface area contributed by atoms with Crippen molar-refractivity contribution in [3.05, 3.63) is 116 Å². The Bertz CT molecular complexity index is 1700. The van der Waals surface area contributed by atoms with E-state index in [1.807, 2.05) is 31.2 Å². The van der Waals surface area contributed by atoms with E-state index in [0.717, 1.165) is 15.4 Å². The highest BCUT2D eigenvalue weighted by Crippen LogP contribution is 2.37. The molecule has 0 aliphatic carbocycles. The van der Waals surface area contributed by atoms with Crippen molar-refractivity contribution in [2.75, 3.05) is 18.0 Å². The van der Waals surface area contributed by atoms with Crippen LogP contribution in [0.2, 0.25) is 10.0 Å².